The van der Waals surface area contributed by atoms with E-state index in [-0.39, 0.29) is 12.0 Å². The number of H-pyrrole nitrogens is 1. The Morgan fingerprint density at radius 2 is 2.11 bits per heavy atom. The number of likely N-dealkylation sites (tertiary alicyclic amines) is 1. The average molecular weight is 375 g/mol. The number of rotatable bonds is 3. The number of aromatic amines is 1. The molecule has 0 radical (unpaired) electrons. The molecule has 2 aliphatic heterocycles. The van der Waals surface area contributed by atoms with E-state index < -0.39 is 0 Å². The van der Waals surface area contributed by atoms with Gasteiger partial charge in [-0.25, -0.2) is 16.2 Å². The standard InChI is InChI=1S/C20H21N7O/c1-3-27-9-7-12(8-10-27)17-19(21-2)16(14-11-22-24-20(14)23-17)13-5-4-6-15-18(13)26-28-25-15/h4-6,11-12,16,19H,3,7-10H2,1H3,(H,22,24). The summed E-state index contributed by atoms with van der Waals surface area (Å²) in [6.45, 7) is 13.4. The third-order valence-electron chi connectivity index (χ3n) is 6.09. The van der Waals surface area contributed by atoms with Crippen LogP contribution in [0.2, 0.25) is 0 Å². The van der Waals surface area contributed by atoms with Crippen molar-refractivity contribution in [3.63, 3.8) is 0 Å². The van der Waals surface area contributed by atoms with Crippen LogP contribution in [0.15, 0.2) is 34.0 Å². The molecular formula is C20H21N7O. The summed E-state index contributed by atoms with van der Waals surface area (Å²) >= 11 is 0. The Kier molecular flexibility index (Phi) is 4.17. The first-order valence-electron chi connectivity index (χ1n) is 9.72. The fraction of sp³-hybridized carbons (Fsp3) is 0.450. The van der Waals surface area contributed by atoms with E-state index in [1.165, 1.54) is 0 Å². The quantitative estimate of drug-likeness (QED) is 0.711. The highest BCUT2D eigenvalue weighted by molar-refractivity contribution is 5.99. The smallest absolute Gasteiger partial charge is 0.272 e. The Morgan fingerprint density at radius 1 is 1.25 bits per heavy atom. The molecule has 0 aliphatic carbocycles. The fourth-order valence-corrected chi connectivity index (χ4v) is 4.58. The van der Waals surface area contributed by atoms with Crippen LogP contribution in [0, 0.1) is 12.5 Å². The summed E-state index contributed by atoms with van der Waals surface area (Å²) in [5.41, 5.74) is 4.26. The van der Waals surface area contributed by atoms with E-state index in [0.29, 0.717) is 17.0 Å². The Balaban J connectivity index is 1.60. The average Bonchev–Trinajstić information content (AvgIpc) is 3.41. The van der Waals surface area contributed by atoms with E-state index in [9.17, 15) is 0 Å². The van der Waals surface area contributed by atoms with Crippen LogP contribution in [-0.2, 0) is 0 Å². The van der Waals surface area contributed by atoms with Crippen LogP contribution in [0.4, 0.5) is 5.82 Å². The third kappa shape index (κ3) is 2.62. The minimum absolute atomic E-state index is 0.182. The van der Waals surface area contributed by atoms with Crippen molar-refractivity contribution in [1.82, 2.24) is 25.4 Å². The third-order valence-corrected chi connectivity index (χ3v) is 6.09. The van der Waals surface area contributed by atoms with Crippen LogP contribution >= 0.6 is 0 Å². The number of aliphatic imine (C=N–C) groups is 1. The molecule has 0 bridgehead atoms. The van der Waals surface area contributed by atoms with Crippen molar-refractivity contribution in [2.75, 3.05) is 19.6 Å². The highest BCUT2D eigenvalue weighted by Gasteiger charge is 2.44. The summed E-state index contributed by atoms with van der Waals surface area (Å²) in [7, 11) is 0. The number of piperidine rings is 1. The van der Waals surface area contributed by atoms with Crippen molar-refractivity contribution >= 4 is 22.6 Å². The van der Waals surface area contributed by atoms with Gasteiger partial charge in [-0.05, 0) is 54.4 Å². The Hall–Kier alpha value is -3.05. The molecule has 3 aromatic rings. The van der Waals surface area contributed by atoms with Gasteiger partial charge in [0.25, 0.3) is 6.04 Å². The monoisotopic (exact) mass is 375 g/mol. The van der Waals surface area contributed by atoms with E-state index in [1.54, 1.807) is 6.20 Å². The first-order chi connectivity index (χ1) is 13.8. The number of nitrogens with zero attached hydrogens (tertiary/aromatic N) is 6. The Morgan fingerprint density at radius 3 is 2.89 bits per heavy atom. The van der Waals surface area contributed by atoms with E-state index >= 15 is 0 Å². The van der Waals surface area contributed by atoms with E-state index in [1.807, 2.05) is 18.2 Å². The fourth-order valence-electron chi connectivity index (χ4n) is 4.58. The number of hydrogen-bond donors (Lipinski definition) is 1. The number of nitrogens with one attached hydrogen (secondary N) is 1. The maximum Gasteiger partial charge on any atom is 0.272 e. The zero-order chi connectivity index (χ0) is 19.1. The molecule has 1 N–H and O–H groups in total. The van der Waals surface area contributed by atoms with Gasteiger partial charge in [-0.1, -0.05) is 19.1 Å². The highest BCUT2D eigenvalue weighted by Crippen LogP contribution is 2.43. The van der Waals surface area contributed by atoms with Crippen LogP contribution in [0.5, 0.6) is 0 Å². The van der Waals surface area contributed by atoms with Gasteiger partial charge in [0.15, 0.2) is 5.82 Å². The molecule has 0 saturated carbocycles. The number of hydrogen-bond acceptors (Lipinski definition) is 6. The molecule has 142 valence electrons. The van der Waals surface area contributed by atoms with Crippen LogP contribution in [-0.4, -0.2) is 56.8 Å². The van der Waals surface area contributed by atoms with Crippen molar-refractivity contribution in [1.29, 1.82) is 0 Å². The second kappa shape index (κ2) is 6.84. The lowest BCUT2D eigenvalue weighted by molar-refractivity contribution is 0.218. The van der Waals surface area contributed by atoms with Crippen LogP contribution in [0.25, 0.3) is 15.9 Å². The predicted molar refractivity (Wildman–Crippen MR) is 105 cm³/mol. The molecule has 28 heavy (non-hydrogen) atoms. The van der Waals surface area contributed by atoms with Gasteiger partial charge in [0.2, 0.25) is 0 Å². The van der Waals surface area contributed by atoms with Crippen molar-refractivity contribution in [2.45, 2.75) is 31.7 Å². The molecule has 0 amide bonds. The van der Waals surface area contributed by atoms with Gasteiger partial charge in [0.05, 0.1) is 12.1 Å². The normalized spacial score (nSPS) is 23.4. The summed E-state index contributed by atoms with van der Waals surface area (Å²) < 4.78 is 4.97. The van der Waals surface area contributed by atoms with Crippen LogP contribution < -0.4 is 0 Å². The predicted octanol–water partition coefficient (Wildman–Crippen LogP) is 3.18. The second-order valence-corrected chi connectivity index (χ2v) is 7.45. The molecule has 2 unspecified atom stereocenters. The van der Waals surface area contributed by atoms with Crippen molar-refractivity contribution in [3.05, 3.63) is 46.9 Å². The largest absolute Gasteiger partial charge is 0.306 e. The lowest BCUT2D eigenvalue weighted by Crippen LogP contribution is -2.41. The molecule has 8 nitrogen and oxygen atoms in total. The molecule has 1 saturated heterocycles. The topological polar surface area (TPSA) is 87.6 Å². The number of benzene rings is 1. The van der Waals surface area contributed by atoms with E-state index in [2.05, 4.69) is 37.2 Å². The molecular weight excluding hydrogens is 354 g/mol. The van der Waals surface area contributed by atoms with Crippen molar-refractivity contribution < 1.29 is 4.63 Å². The van der Waals surface area contributed by atoms with Gasteiger partial charge >= 0.3 is 0 Å². The minimum Gasteiger partial charge on any atom is -0.306 e. The van der Waals surface area contributed by atoms with Gasteiger partial charge in [0.1, 0.15) is 16.7 Å². The molecule has 1 fully saturated rings. The van der Waals surface area contributed by atoms with E-state index in [0.717, 1.165) is 55.1 Å². The maximum atomic E-state index is 8.01. The maximum absolute atomic E-state index is 8.01. The van der Waals surface area contributed by atoms with Gasteiger partial charge in [-0.15, -0.1) is 0 Å². The molecule has 1 aromatic carbocycles. The zero-order valence-corrected chi connectivity index (χ0v) is 15.7. The Labute approximate surface area is 162 Å². The molecule has 2 aromatic heterocycles. The van der Waals surface area contributed by atoms with Gasteiger partial charge in [0, 0.05) is 11.5 Å². The molecule has 5 rings (SSSR count). The minimum atomic E-state index is -0.370. The molecule has 2 atom stereocenters. The summed E-state index contributed by atoms with van der Waals surface area (Å²) in [4.78, 5) is 11.4. The number of aromatic nitrogens is 4. The van der Waals surface area contributed by atoms with Gasteiger partial charge in [-0.3, -0.25) is 5.10 Å². The first-order valence-corrected chi connectivity index (χ1v) is 9.72. The molecule has 0 spiro atoms. The van der Waals surface area contributed by atoms with Gasteiger partial charge in [-0.2, -0.15) is 5.10 Å². The van der Waals surface area contributed by atoms with E-state index in [4.69, 9.17) is 16.2 Å². The lowest BCUT2D eigenvalue weighted by atomic mass is 9.76. The number of fused-ring (bicyclic) bond motifs is 2. The summed E-state index contributed by atoms with van der Waals surface area (Å²) in [6.07, 6.45) is 3.85. The first kappa shape index (κ1) is 17.1. The molecule has 8 heteroatoms. The molecule has 2 aliphatic rings. The lowest BCUT2D eigenvalue weighted by Gasteiger charge is -2.34. The van der Waals surface area contributed by atoms with Crippen molar-refractivity contribution in [2.24, 2.45) is 10.9 Å². The molecule has 4 heterocycles. The summed E-state index contributed by atoms with van der Waals surface area (Å²) in [6, 6.07) is 5.45. The van der Waals surface area contributed by atoms with Crippen molar-refractivity contribution in [3.8, 4) is 0 Å². The summed E-state index contributed by atoms with van der Waals surface area (Å²) in [5.74, 6) is 0.889. The zero-order valence-electron chi connectivity index (χ0n) is 15.7. The Bertz CT molecular complexity index is 1070. The van der Waals surface area contributed by atoms with Gasteiger partial charge < -0.3 is 9.74 Å². The SMILES string of the molecule is [C-]#[N+]C1C(C2CCN(CC)CC2)=Nc2[nH]ncc2C1c1cccc2nonc12. The van der Waals surface area contributed by atoms with Crippen LogP contribution in [0.3, 0.4) is 0 Å². The van der Waals surface area contributed by atoms with Crippen LogP contribution in [0.1, 0.15) is 36.8 Å². The summed E-state index contributed by atoms with van der Waals surface area (Å²) in [5, 5.41) is 15.3. The second-order valence-electron chi connectivity index (χ2n) is 7.45. The highest BCUT2D eigenvalue weighted by atomic mass is 16.6.